The first-order valence-electron chi connectivity index (χ1n) is 5.79. The highest BCUT2D eigenvalue weighted by Gasteiger charge is 2.46. The average Bonchev–Trinajstić information content (AvgIpc) is 2.94. The van der Waals surface area contributed by atoms with Gasteiger partial charge in [-0.3, -0.25) is 9.69 Å². The Balaban J connectivity index is 1.98. The first-order valence-corrected chi connectivity index (χ1v) is 7.35. The molecule has 1 amide bonds. The molecule has 2 saturated heterocycles. The van der Waals surface area contributed by atoms with Crippen molar-refractivity contribution < 1.29 is 18.0 Å². The fraction of sp³-hybridized carbons (Fsp3) is 0.333. The van der Waals surface area contributed by atoms with Crippen LogP contribution in [0.1, 0.15) is 5.56 Å². The Morgan fingerprint density at radius 1 is 1.35 bits per heavy atom. The molecule has 1 aromatic carbocycles. The average molecular weight is 318 g/mol. The third-order valence-corrected chi connectivity index (χ3v) is 4.69. The number of benzene rings is 1. The molecule has 2 aliphatic rings. The molecule has 106 valence electrons. The number of halogens is 3. The highest BCUT2D eigenvalue weighted by Crippen LogP contribution is 2.36. The lowest BCUT2D eigenvalue weighted by Gasteiger charge is -2.19. The summed E-state index contributed by atoms with van der Waals surface area (Å²) >= 11 is 6.80. The summed E-state index contributed by atoms with van der Waals surface area (Å²) in [5.74, 6) is 0.971. The summed E-state index contributed by atoms with van der Waals surface area (Å²) in [6, 6.07) is 4.34. The van der Waals surface area contributed by atoms with Crippen LogP contribution >= 0.6 is 24.0 Å². The molecule has 3 rings (SSSR count). The van der Waals surface area contributed by atoms with Crippen molar-refractivity contribution in [1.82, 2.24) is 4.90 Å². The van der Waals surface area contributed by atoms with E-state index in [9.17, 15) is 18.0 Å². The molecule has 0 aliphatic carbocycles. The maximum Gasteiger partial charge on any atom is 0.416 e. The topological polar surface area (TPSA) is 23.6 Å². The zero-order valence-electron chi connectivity index (χ0n) is 10.1. The third kappa shape index (κ3) is 2.07. The van der Waals surface area contributed by atoms with Crippen LogP contribution in [-0.4, -0.2) is 33.6 Å². The van der Waals surface area contributed by atoms with Crippen molar-refractivity contribution in [2.75, 3.05) is 16.5 Å². The van der Waals surface area contributed by atoms with Crippen molar-refractivity contribution in [3.05, 3.63) is 29.8 Å². The first kappa shape index (κ1) is 13.7. The predicted octanol–water partition coefficient (Wildman–Crippen LogP) is 2.71. The zero-order valence-corrected chi connectivity index (χ0v) is 11.7. The van der Waals surface area contributed by atoms with Gasteiger partial charge in [-0.1, -0.05) is 6.07 Å². The van der Waals surface area contributed by atoms with Gasteiger partial charge in [-0.15, -0.1) is 11.8 Å². The van der Waals surface area contributed by atoms with E-state index in [1.165, 1.54) is 17.0 Å². The molecule has 8 heteroatoms. The van der Waals surface area contributed by atoms with Gasteiger partial charge in [-0.25, -0.2) is 0 Å². The predicted molar refractivity (Wildman–Crippen MR) is 74.5 cm³/mol. The lowest BCUT2D eigenvalue weighted by Crippen LogP contribution is -2.32. The summed E-state index contributed by atoms with van der Waals surface area (Å²) in [5.41, 5.74) is -0.610. The van der Waals surface area contributed by atoms with Gasteiger partial charge in [0.15, 0.2) is 5.11 Å². The fourth-order valence-electron chi connectivity index (χ4n) is 2.27. The summed E-state index contributed by atoms with van der Waals surface area (Å²) in [6.07, 6.45) is -4.44. The first-order chi connectivity index (χ1) is 9.39. The molecule has 0 N–H and O–H groups in total. The Bertz CT molecular complexity index is 568. The van der Waals surface area contributed by atoms with E-state index in [-0.39, 0.29) is 22.7 Å². The van der Waals surface area contributed by atoms with Crippen molar-refractivity contribution in [3.63, 3.8) is 0 Å². The molecule has 1 aromatic rings. The minimum atomic E-state index is -4.44. The molecule has 0 aromatic heterocycles. The minimum Gasteiger partial charge on any atom is -0.326 e. The van der Waals surface area contributed by atoms with Crippen molar-refractivity contribution in [2.24, 2.45) is 0 Å². The van der Waals surface area contributed by atoms with Crippen molar-refractivity contribution >= 4 is 40.7 Å². The Hall–Kier alpha value is -1.28. The quantitative estimate of drug-likeness (QED) is 0.743. The number of hydrogen-bond acceptors (Lipinski definition) is 3. The number of carbonyl (C=O) groups is 1. The van der Waals surface area contributed by atoms with Crippen LogP contribution in [0.2, 0.25) is 0 Å². The van der Waals surface area contributed by atoms with Gasteiger partial charge in [0.25, 0.3) is 5.91 Å². The van der Waals surface area contributed by atoms with Gasteiger partial charge in [-0.2, -0.15) is 13.2 Å². The van der Waals surface area contributed by atoms with Crippen LogP contribution < -0.4 is 4.90 Å². The van der Waals surface area contributed by atoms with E-state index in [1.54, 1.807) is 16.7 Å². The van der Waals surface area contributed by atoms with Gasteiger partial charge >= 0.3 is 6.18 Å². The van der Waals surface area contributed by atoms with Gasteiger partial charge in [0.2, 0.25) is 0 Å². The smallest absolute Gasteiger partial charge is 0.326 e. The number of anilines is 1. The minimum absolute atomic E-state index is 0.175. The molecule has 0 radical (unpaired) electrons. The van der Waals surface area contributed by atoms with E-state index in [0.29, 0.717) is 11.6 Å². The van der Waals surface area contributed by atoms with E-state index >= 15 is 0 Å². The Morgan fingerprint density at radius 3 is 2.75 bits per heavy atom. The normalized spacial score (nSPS) is 22.6. The molecule has 2 heterocycles. The second-order valence-corrected chi connectivity index (χ2v) is 5.85. The maximum atomic E-state index is 12.7. The van der Waals surface area contributed by atoms with Crippen molar-refractivity contribution in [2.45, 2.75) is 12.2 Å². The molecule has 0 saturated carbocycles. The van der Waals surface area contributed by atoms with Crippen molar-refractivity contribution in [1.29, 1.82) is 0 Å². The maximum absolute atomic E-state index is 12.7. The molecule has 20 heavy (non-hydrogen) atoms. The van der Waals surface area contributed by atoms with Crippen LogP contribution in [-0.2, 0) is 11.0 Å². The largest absolute Gasteiger partial charge is 0.416 e. The number of hydrogen-bond donors (Lipinski definition) is 0. The van der Waals surface area contributed by atoms with Crippen LogP contribution in [0.15, 0.2) is 24.3 Å². The second-order valence-electron chi connectivity index (χ2n) is 4.49. The lowest BCUT2D eigenvalue weighted by molar-refractivity contribution is -0.137. The summed E-state index contributed by atoms with van der Waals surface area (Å²) in [5, 5.41) is 0.282. The number of thiocarbonyl (C=S) groups is 1. The van der Waals surface area contributed by atoms with Crippen LogP contribution in [0.3, 0.4) is 0 Å². The van der Waals surface area contributed by atoms with E-state index in [1.807, 2.05) is 0 Å². The molecule has 0 unspecified atom stereocenters. The monoisotopic (exact) mass is 318 g/mol. The number of thioether (sulfide) groups is 1. The van der Waals surface area contributed by atoms with E-state index in [2.05, 4.69) is 0 Å². The molecular weight excluding hydrogens is 309 g/mol. The van der Waals surface area contributed by atoms with Crippen LogP contribution in [0.5, 0.6) is 0 Å². The molecular formula is C12H9F3N2OS2. The van der Waals surface area contributed by atoms with E-state index < -0.39 is 11.7 Å². The highest BCUT2D eigenvalue weighted by atomic mass is 32.2. The molecule has 0 bridgehead atoms. The Morgan fingerprint density at radius 2 is 2.10 bits per heavy atom. The van der Waals surface area contributed by atoms with Gasteiger partial charge in [0.1, 0.15) is 6.04 Å². The number of rotatable bonds is 1. The third-order valence-electron chi connectivity index (χ3n) is 3.26. The highest BCUT2D eigenvalue weighted by molar-refractivity contribution is 7.99. The number of amides is 1. The molecule has 3 nitrogen and oxygen atoms in total. The Kier molecular flexibility index (Phi) is 3.17. The summed E-state index contributed by atoms with van der Waals surface area (Å²) in [4.78, 5) is 15.2. The standard InChI is InChI=1S/C12H9F3N2OS2/c13-12(14,15)7-2-1-3-8(4-7)17-10(18)9-5-20-6-16(9)11(17)19/h1-4,9H,5-6H2/t9-/m0/s1. The second kappa shape index (κ2) is 4.63. The molecule has 2 fully saturated rings. The van der Waals surface area contributed by atoms with Gasteiger partial charge in [-0.05, 0) is 30.4 Å². The van der Waals surface area contributed by atoms with Crippen LogP contribution in [0, 0.1) is 0 Å². The summed E-state index contributed by atoms with van der Waals surface area (Å²) in [6.45, 7) is 0. The number of alkyl halides is 3. The van der Waals surface area contributed by atoms with Crippen molar-refractivity contribution in [3.8, 4) is 0 Å². The number of nitrogens with zero attached hydrogens (tertiary/aromatic N) is 2. The zero-order chi connectivity index (χ0) is 14.5. The molecule has 1 atom stereocenters. The van der Waals surface area contributed by atoms with Gasteiger partial charge < -0.3 is 4.90 Å². The Labute approximate surface area is 122 Å². The molecule has 0 spiro atoms. The molecule has 2 aliphatic heterocycles. The van der Waals surface area contributed by atoms with Crippen LogP contribution in [0.25, 0.3) is 0 Å². The summed E-state index contributed by atoms with van der Waals surface area (Å²) in [7, 11) is 0. The number of carbonyl (C=O) groups excluding carboxylic acids is 1. The van der Waals surface area contributed by atoms with E-state index in [0.717, 1.165) is 12.1 Å². The summed E-state index contributed by atoms with van der Waals surface area (Å²) < 4.78 is 38.2. The van der Waals surface area contributed by atoms with E-state index in [4.69, 9.17) is 12.2 Å². The van der Waals surface area contributed by atoms with Gasteiger partial charge in [0.05, 0.1) is 17.1 Å². The van der Waals surface area contributed by atoms with Crippen LogP contribution in [0.4, 0.5) is 18.9 Å². The fourth-order valence-corrected chi connectivity index (χ4v) is 3.89. The number of fused-ring (bicyclic) bond motifs is 1. The SMILES string of the molecule is O=C1[C@@H]2CSCN2C(=S)N1c1cccc(C(F)(F)F)c1. The lowest BCUT2D eigenvalue weighted by atomic mass is 10.2. The van der Waals surface area contributed by atoms with Gasteiger partial charge in [0, 0.05) is 5.75 Å².